The molecule has 2 unspecified atom stereocenters. The second-order valence-corrected chi connectivity index (χ2v) is 5.87. The maximum absolute atomic E-state index is 13.1. The average Bonchev–Trinajstić information content (AvgIpc) is 2.66. The molecule has 1 heterocycles. The number of urea groups is 1. The molecule has 0 aliphatic carbocycles. The first-order valence-corrected chi connectivity index (χ1v) is 7.05. The van der Waals surface area contributed by atoms with Gasteiger partial charge in [-0.05, 0) is 25.1 Å². The highest BCUT2D eigenvalue weighted by Crippen LogP contribution is 2.28. The van der Waals surface area contributed by atoms with E-state index in [-0.39, 0.29) is 28.6 Å². The van der Waals surface area contributed by atoms with Crippen LogP contribution in [0.3, 0.4) is 0 Å². The molecule has 1 aliphatic rings. The Labute approximate surface area is 127 Å². The summed E-state index contributed by atoms with van der Waals surface area (Å²) in [4.78, 5) is 25.5. The van der Waals surface area contributed by atoms with Crippen molar-refractivity contribution in [2.24, 2.45) is 5.73 Å². The van der Waals surface area contributed by atoms with Crippen molar-refractivity contribution >= 4 is 23.5 Å². The lowest BCUT2D eigenvalue weighted by Gasteiger charge is -2.26. The molecule has 1 aliphatic heterocycles. The van der Waals surface area contributed by atoms with Gasteiger partial charge in [-0.15, -0.1) is 0 Å². The highest BCUT2D eigenvalue weighted by atomic mass is 35.5. The van der Waals surface area contributed by atoms with Gasteiger partial charge in [0.15, 0.2) is 6.04 Å². The Morgan fingerprint density at radius 2 is 2.24 bits per heavy atom. The first-order valence-electron chi connectivity index (χ1n) is 6.67. The molecule has 7 heteroatoms. The number of quaternary nitrogens is 1. The molecule has 2 N–H and O–H groups in total. The van der Waals surface area contributed by atoms with E-state index >= 15 is 0 Å². The van der Waals surface area contributed by atoms with Crippen LogP contribution < -0.4 is 5.73 Å². The van der Waals surface area contributed by atoms with Gasteiger partial charge in [0, 0.05) is 12.1 Å². The maximum atomic E-state index is 13.1. The van der Waals surface area contributed by atoms with Crippen LogP contribution in [-0.4, -0.2) is 47.5 Å². The lowest BCUT2D eigenvalue weighted by Crippen LogP contribution is -2.46. The molecule has 0 radical (unpaired) electrons. The third-order valence-electron chi connectivity index (χ3n) is 3.86. The van der Waals surface area contributed by atoms with Crippen molar-refractivity contribution in [1.82, 2.24) is 4.90 Å². The number of benzene rings is 1. The van der Waals surface area contributed by atoms with Crippen molar-refractivity contribution < 1.29 is 18.5 Å². The van der Waals surface area contributed by atoms with Gasteiger partial charge in [-0.1, -0.05) is 11.6 Å². The zero-order valence-corrected chi connectivity index (χ0v) is 12.7. The van der Waals surface area contributed by atoms with E-state index in [1.54, 1.807) is 20.0 Å². The maximum Gasteiger partial charge on any atom is 0.420 e. The Morgan fingerprint density at radius 3 is 2.71 bits per heavy atom. The Morgan fingerprint density at radius 1 is 1.57 bits per heavy atom. The van der Waals surface area contributed by atoms with Crippen LogP contribution in [-0.2, 0) is 11.3 Å². The zero-order chi connectivity index (χ0) is 15.8. The molecule has 3 amide bonds. The number of nitrogens with two attached hydrogens (primary N) is 1. The van der Waals surface area contributed by atoms with Gasteiger partial charge in [0.1, 0.15) is 18.9 Å². The number of primary amides is 1. The second kappa shape index (κ2) is 5.61. The number of carbonyl (C=O) groups is 2. The molecular formula is C14H18ClFN3O2+. The molecule has 1 saturated heterocycles. The number of amides is 3. The Bertz CT molecular complexity index is 596. The fraction of sp³-hybridized carbons (Fsp3) is 0.429. The average molecular weight is 315 g/mol. The van der Waals surface area contributed by atoms with Crippen LogP contribution in [0.15, 0.2) is 18.2 Å². The fourth-order valence-electron chi connectivity index (χ4n) is 2.76. The van der Waals surface area contributed by atoms with E-state index in [1.807, 2.05) is 0 Å². The summed E-state index contributed by atoms with van der Waals surface area (Å²) in [6.07, 6.45) is 0. The van der Waals surface area contributed by atoms with Gasteiger partial charge in [-0.3, -0.25) is 9.69 Å². The van der Waals surface area contributed by atoms with Crippen LogP contribution in [0.4, 0.5) is 9.18 Å². The number of rotatable bonds is 4. The molecule has 1 aromatic carbocycles. The largest absolute Gasteiger partial charge is 0.420 e. The predicted octanol–water partition coefficient (Wildman–Crippen LogP) is 1.74. The Hall–Kier alpha value is -1.66. The summed E-state index contributed by atoms with van der Waals surface area (Å²) in [5.41, 5.74) is 6.03. The third kappa shape index (κ3) is 2.87. The van der Waals surface area contributed by atoms with Crippen LogP contribution >= 0.6 is 11.6 Å². The monoisotopic (exact) mass is 314 g/mol. The summed E-state index contributed by atoms with van der Waals surface area (Å²) in [5.74, 6) is -0.943. The minimum atomic E-state index is -0.619. The Kier molecular flexibility index (Phi) is 4.20. The smallest absolute Gasteiger partial charge is 0.368 e. The van der Waals surface area contributed by atoms with E-state index in [0.717, 1.165) is 0 Å². The molecular weight excluding hydrogens is 297 g/mol. The van der Waals surface area contributed by atoms with Crippen LogP contribution in [0.1, 0.15) is 12.5 Å². The summed E-state index contributed by atoms with van der Waals surface area (Å²) >= 11 is 6.02. The van der Waals surface area contributed by atoms with Gasteiger partial charge in [0.2, 0.25) is 5.91 Å². The fourth-order valence-corrected chi connectivity index (χ4v) is 2.99. The molecule has 21 heavy (non-hydrogen) atoms. The standard InChI is InChI=1S/C14H17ClFN3O2/c1-3-18-12(13(17)20)8-19(2,14(18)21)7-9-4-5-10(16)6-11(9)15/h4-6,12H,3,7-8H2,1-2H3,(H-,17,20)/p+1. The molecule has 114 valence electrons. The molecule has 5 nitrogen and oxygen atoms in total. The number of halogens is 2. The topological polar surface area (TPSA) is 63.4 Å². The molecule has 1 aromatic rings. The van der Waals surface area contributed by atoms with Gasteiger partial charge in [0.25, 0.3) is 0 Å². The first kappa shape index (κ1) is 15.7. The van der Waals surface area contributed by atoms with Crippen LogP contribution in [0.2, 0.25) is 5.02 Å². The third-order valence-corrected chi connectivity index (χ3v) is 4.22. The van der Waals surface area contributed by atoms with E-state index in [1.165, 1.54) is 17.0 Å². The van der Waals surface area contributed by atoms with Crippen molar-refractivity contribution in [1.29, 1.82) is 0 Å². The van der Waals surface area contributed by atoms with Gasteiger partial charge >= 0.3 is 6.03 Å². The quantitative estimate of drug-likeness (QED) is 0.860. The van der Waals surface area contributed by atoms with Gasteiger partial charge in [0.05, 0.1) is 12.1 Å². The highest BCUT2D eigenvalue weighted by molar-refractivity contribution is 6.31. The summed E-state index contributed by atoms with van der Waals surface area (Å²) in [6.45, 7) is 2.79. The molecule has 0 saturated carbocycles. The first-order chi connectivity index (χ1) is 9.78. The molecule has 0 spiro atoms. The lowest BCUT2D eigenvalue weighted by atomic mass is 10.2. The SMILES string of the molecule is CCN1C(=O)[N+](C)(Cc2ccc(F)cc2Cl)CC1C(N)=O. The molecule has 2 atom stereocenters. The van der Waals surface area contributed by atoms with E-state index in [0.29, 0.717) is 12.1 Å². The predicted molar refractivity (Wildman–Crippen MR) is 76.9 cm³/mol. The van der Waals surface area contributed by atoms with Crippen molar-refractivity contribution in [3.8, 4) is 0 Å². The van der Waals surface area contributed by atoms with Crippen molar-refractivity contribution in [3.05, 3.63) is 34.6 Å². The molecule has 1 fully saturated rings. The van der Waals surface area contributed by atoms with Crippen LogP contribution in [0.5, 0.6) is 0 Å². The van der Waals surface area contributed by atoms with Crippen molar-refractivity contribution in [2.75, 3.05) is 20.1 Å². The highest BCUT2D eigenvalue weighted by Gasteiger charge is 2.51. The van der Waals surface area contributed by atoms with Gasteiger partial charge < -0.3 is 5.73 Å². The van der Waals surface area contributed by atoms with Gasteiger partial charge in [-0.25, -0.2) is 13.7 Å². The second-order valence-electron chi connectivity index (χ2n) is 5.46. The lowest BCUT2D eigenvalue weighted by molar-refractivity contribution is -0.835. The summed E-state index contributed by atoms with van der Waals surface area (Å²) in [7, 11) is 1.73. The number of hydrogen-bond acceptors (Lipinski definition) is 2. The van der Waals surface area contributed by atoms with Gasteiger partial charge in [-0.2, -0.15) is 0 Å². The summed E-state index contributed by atoms with van der Waals surface area (Å²) in [6, 6.07) is 3.28. The molecule has 0 bridgehead atoms. The van der Waals surface area contributed by atoms with E-state index in [2.05, 4.69) is 0 Å². The van der Waals surface area contributed by atoms with E-state index in [9.17, 15) is 14.0 Å². The zero-order valence-electron chi connectivity index (χ0n) is 12.0. The number of hydrogen-bond donors (Lipinski definition) is 1. The van der Waals surface area contributed by atoms with Crippen LogP contribution in [0.25, 0.3) is 0 Å². The van der Waals surface area contributed by atoms with E-state index < -0.39 is 17.8 Å². The Balaban J connectivity index is 2.30. The minimum absolute atomic E-state index is 0.00714. The summed E-state index contributed by atoms with van der Waals surface area (Å²) < 4.78 is 13.1. The van der Waals surface area contributed by atoms with Crippen LogP contribution in [0, 0.1) is 5.82 Å². The number of likely N-dealkylation sites (N-methyl/N-ethyl adjacent to an activating group) is 2. The minimum Gasteiger partial charge on any atom is -0.368 e. The van der Waals surface area contributed by atoms with E-state index in [4.69, 9.17) is 17.3 Å². The van der Waals surface area contributed by atoms with Crippen molar-refractivity contribution in [2.45, 2.75) is 19.5 Å². The summed E-state index contributed by atoms with van der Waals surface area (Å²) in [5, 5.41) is 0.271. The number of carbonyl (C=O) groups excluding carboxylic acids is 2. The van der Waals surface area contributed by atoms with Crippen molar-refractivity contribution in [3.63, 3.8) is 0 Å². The normalized spacial score (nSPS) is 25.4. The molecule has 2 rings (SSSR count). The molecule has 0 aromatic heterocycles. The number of nitrogens with zero attached hydrogens (tertiary/aromatic N) is 2.